The van der Waals surface area contributed by atoms with Crippen molar-refractivity contribution in [2.45, 2.75) is 13.0 Å². The van der Waals surface area contributed by atoms with E-state index < -0.39 is 0 Å². The molecule has 20 heavy (non-hydrogen) atoms. The zero-order valence-corrected chi connectivity index (χ0v) is 11.8. The molecule has 4 heteroatoms. The van der Waals surface area contributed by atoms with Crippen LogP contribution in [0.1, 0.15) is 18.5 Å². The molecule has 0 saturated carbocycles. The highest BCUT2D eigenvalue weighted by atomic mass is 32.1. The first-order valence-electron chi connectivity index (χ1n) is 6.72. The summed E-state index contributed by atoms with van der Waals surface area (Å²) in [4.78, 5) is 4.25. The van der Waals surface area contributed by atoms with E-state index in [2.05, 4.69) is 57.7 Å². The lowest BCUT2D eigenvalue weighted by molar-refractivity contribution is -0.771. The minimum absolute atomic E-state index is 0.343. The Kier molecular flexibility index (Phi) is 1.83. The van der Waals surface area contributed by atoms with E-state index in [9.17, 15) is 0 Å². The number of thiophene rings is 1. The van der Waals surface area contributed by atoms with Gasteiger partial charge in [-0.1, -0.05) is 18.2 Å². The van der Waals surface area contributed by atoms with Crippen molar-refractivity contribution in [3.05, 3.63) is 54.6 Å². The van der Waals surface area contributed by atoms with E-state index in [0.717, 1.165) is 0 Å². The predicted molar refractivity (Wildman–Crippen MR) is 80.5 cm³/mol. The first-order chi connectivity index (χ1) is 9.83. The Balaban J connectivity index is 1.94. The van der Waals surface area contributed by atoms with Gasteiger partial charge in [-0.2, -0.15) is 0 Å². The van der Waals surface area contributed by atoms with E-state index in [1.807, 2.05) is 24.0 Å². The van der Waals surface area contributed by atoms with E-state index in [1.54, 1.807) is 0 Å². The van der Waals surface area contributed by atoms with Crippen LogP contribution >= 0.6 is 11.3 Å². The molecule has 0 spiro atoms. The van der Waals surface area contributed by atoms with Gasteiger partial charge in [0.05, 0.1) is 5.69 Å². The van der Waals surface area contributed by atoms with E-state index in [1.165, 1.54) is 31.4 Å². The third kappa shape index (κ3) is 1.15. The second-order valence-electron chi connectivity index (χ2n) is 5.29. The van der Waals surface area contributed by atoms with Crippen LogP contribution < -0.4 is 4.68 Å². The minimum atomic E-state index is 0.343. The quantitative estimate of drug-likeness (QED) is 0.451. The van der Waals surface area contributed by atoms with Gasteiger partial charge in [0.2, 0.25) is 6.33 Å². The summed E-state index contributed by atoms with van der Waals surface area (Å²) in [6, 6.07) is 13.6. The van der Waals surface area contributed by atoms with Gasteiger partial charge in [0.1, 0.15) is 6.04 Å². The highest BCUT2D eigenvalue weighted by molar-refractivity contribution is 7.25. The van der Waals surface area contributed by atoms with Crippen LogP contribution in [0.3, 0.4) is 0 Å². The molecule has 3 heterocycles. The molecule has 96 valence electrons. The zero-order valence-electron chi connectivity index (χ0n) is 10.9. The first kappa shape index (κ1) is 10.6. The largest absolute Gasteiger partial charge is 0.307 e. The van der Waals surface area contributed by atoms with E-state index >= 15 is 0 Å². The Hall–Kier alpha value is -2.20. The Labute approximate surface area is 119 Å². The summed E-state index contributed by atoms with van der Waals surface area (Å²) in [6.07, 6.45) is 3.79. The molecule has 1 aliphatic heterocycles. The molecule has 3 nitrogen and oxygen atoms in total. The summed E-state index contributed by atoms with van der Waals surface area (Å²) >= 11 is 1.86. The molecule has 0 radical (unpaired) electrons. The van der Waals surface area contributed by atoms with Crippen molar-refractivity contribution in [1.29, 1.82) is 0 Å². The lowest BCUT2D eigenvalue weighted by atomic mass is 10.0. The molecule has 2 aromatic heterocycles. The van der Waals surface area contributed by atoms with Crippen LogP contribution in [0, 0.1) is 0 Å². The number of hydrogen-bond donors (Lipinski definition) is 0. The molecule has 1 atom stereocenters. The maximum atomic E-state index is 4.25. The van der Waals surface area contributed by atoms with Crippen LogP contribution in [0.25, 0.3) is 25.9 Å². The van der Waals surface area contributed by atoms with Crippen molar-refractivity contribution >= 4 is 31.5 Å². The van der Waals surface area contributed by atoms with Crippen LogP contribution in [0.4, 0.5) is 0 Å². The fourth-order valence-corrected chi connectivity index (χ4v) is 4.32. The number of rotatable bonds is 0. The summed E-state index contributed by atoms with van der Waals surface area (Å²) in [5.74, 6) is 0. The first-order valence-corrected chi connectivity index (χ1v) is 7.54. The number of aromatic nitrogens is 3. The third-order valence-corrected chi connectivity index (χ3v) is 5.36. The van der Waals surface area contributed by atoms with Crippen LogP contribution in [-0.2, 0) is 0 Å². The van der Waals surface area contributed by atoms with Gasteiger partial charge in [-0.15, -0.1) is 20.7 Å². The lowest BCUT2D eigenvalue weighted by Crippen LogP contribution is -2.39. The molecule has 0 fully saturated rings. The topological polar surface area (TPSA) is 21.7 Å². The molecule has 0 aliphatic carbocycles. The molecule has 0 bridgehead atoms. The van der Waals surface area contributed by atoms with Gasteiger partial charge in [0.25, 0.3) is 0 Å². The molecule has 4 aromatic rings. The monoisotopic (exact) mass is 278 g/mol. The van der Waals surface area contributed by atoms with E-state index in [4.69, 9.17) is 0 Å². The van der Waals surface area contributed by atoms with Crippen molar-refractivity contribution in [3.8, 4) is 5.69 Å². The third-order valence-electron chi connectivity index (χ3n) is 4.23. The van der Waals surface area contributed by atoms with Crippen molar-refractivity contribution in [2.24, 2.45) is 0 Å². The van der Waals surface area contributed by atoms with Gasteiger partial charge < -0.3 is 0 Å². The van der Waals surface area contributed by atoms with Crippen LogP contribution in [0.15, 0.2) is 49.1 Å². The summed E-state index contributed by atoms with van der Waals surface area (Å²) in [5.41, 5.74) is 2.64. The molecule has 0 saturated heterocycles. The van der Waals surface area contributed by atoms with Gasteiger partial charge in [0, 0.05) is 25.7 Å². The predicted octanol–water partition coefficient (Wildman–Crippen LogP) is 3.45. The fraction of sp³-hybridized carbons (Fsp3) is 0.125. The Morgan fingerprint density at radius 2 is 2.05 bits per heavy atom. The van der Waals surface area contributed by atoms with Crippen molar-refractivity contribution < 1.29 is 4.68 Å². The van der Waals surface area contributed by atoms with E-state index in [0.29, 0.717) is 6.04 Å². The molecular formula is C16H12N3S+. The minimum Gasteiger partial charge on any atom is -0.147 e. The van der Waals surface area contributed by atoms with Gasteiger partial charge in [-0.25, -0.2) is 0 Å². The molecule has 0 amide bonds. The Bertz CT molecular complexity index is 980. The second-order valence-corrected chi connectivity index (χ2v) is 6.37. The molecular weight excluding hydrogens is 266 g/mol. The smallest absolute Gasteiger partial charge is 0.147 e. The van der Waals surface area contributed by atoms with Crippen molar-refractivity contribution in [3.63, 3.8) is 0 Å². The summed E-state index contributed by atoms with van der Waals surface area (Å²) < 4.78 is 7.02. The average Bonchev–Trinajstić information content (AvgIpc) is 3.13. The van der Waals surface area contributed by atoms with E-state index in [-0.39, 0.29) is 0 Å². The molecule has 1 unspecified atom stereocenters. The normalized spacial score (nSPS) is 16.8. The van der Waals surface area contributed by atoms with Gasteiger partial charge >= 0.3 is 6.33 Å². The van der Waals surface area contributed by atoms with Crippen LogP contribution in [0.2, 0.25) is 0 Å². The van der Waals surface area contributed by atoms with Gasteiger partial charge in [-0.05, 0) is 30.1 Å². The summed E-state index contributed by atoms with van der Waals surface area (Å²) in [7, 11) is 0. The Morgan fingerprint density at radius 1 is 1.15 bits per heavy atom. The molecule has 0 N–H and O–H groups in total. The molecule has 5 rings (SSSR count). The molecule has 2 aromatic carbocycles. The number of nitrogens with zero attached hydrogens (tertiary/aromatic N) is 3. The highest BCUT2D eigenvalue weighted by Crippen LogP contribution is 2.38. The summed E-state index contributed by atoms with van der Waals surface area (Å²) in [5, 5.41) is 2.73. The maximum Gasteiger partial charge on any atom is 0.307 e. The average molecular weight is 278 g/mol. The summed E-state index contributed by atoms with van der Waals surface area (Å²) in [6.45, 7) is 2.23. The zero-order chi connectivity index (χ0) is 13.3. The lowest BCUT2D eigenvalue weighted by Gasteiger charge is -2.01. The van der Waals surface area contributed by atoms with Crippen molar-refractivity contribution in [1.82, 2.24) is 9.67 Å². The van der Waals surface area contributed by atoms with Crippen molar-refractivity contribution in [2.75, 3.05) is 0 Å². The SMILES string of the molecule is CC1c2cc3c(cc2-n2cnc[n+]21)sc1ccccc13. The fourth-order valence-electron chi connectivity index (χ4n) is 3.20. The number of hydrogen-bond acceptors (Lipinski definition) is 2. The van der Waals surface area contributed by atoms with Gasteiger partial charge in [-0.3, -0.25) is 0 Å². The van der Waals surface area contributed by atoms with Crippen LogP contribution in [0.5, 0.6) is 0 Å². The number of fused-ring (bicyclic) bond motifs is 6. The van der Waals surface area contributed by atoms with Crippen LogP contribution in [-0.4, -0.2) is 9.67 Å². The maximum absolute atomic E-state index is 4.25. The standard InChI is InChI=1S/C16H12N3S/c1-10-12-6-13-11-4-2-3-5-15(11)20-16(13)7-14(12)19-9-17-8-18(10)19/h2-10H,1H3/q+1. The number of benzene rings is 2. The second kappa shape index (κ2) is 3.46. The Morgan fingerprint density at radius 3 is 3.00 bits per heavy atom. The van der Waals surface area contributed by atoms with Gasteiger partial charge in [0.15, 0.2) is 0 Å². The highest BCUT2D eigenvalue weighted by Gasteiger charge is 2.30. The molecule has 1 aliphatic rings.